The predicted molar refractivity (Wildman–Crippen MR) is 70.5 cm³/mol. The highest BCUT2D eigenvalue weighted by molar-refractivity contribution is 5.79. The molecule has 0 bridgehead atoms. The molecular formula is C13H22N4O. The highest BCUT2D eigenvalue weighted by Gasteiger charge is 2.24. The van der Waals surface area contributed by atoms with Crippen LogP contribution in [-0.2, 0) is 4.79 Å². The van der Waals surface area contributed by atoms with E-state index in [-0.39, 0.29) is 11.9 Å². The van der Waals surface area contributed by atoms with Crippen LogP contribution in [0.2, 0.25) is 0 Å². The molecule has 1 aliphatic rings. The molecule has 1 aromatic rings. The van der Waals surface area contributed by atoms with Crippen molar-refractivity contribution in [2.75, 3.05) is 27.2 Å². The normalized spacial score (nSPS) is 18.6. The molecule has 1 saturated heterocycles. The minimum Gasteiger partial charge on any atom is -0.347 e. The third-order valence-electron chi connectivity index (χ3n) is 3.67. The van der Waals surface area contributed by atoms with E-state index in [4.69, 9.17) is 0 Å². The second-order valence-electron chi connectivity index (χ2n) is 5.16. The lowest BCUT2D eigenvalue weighted by Crippen LogP contribution is -2.32. The maximum absolute atomic E-state index is 12.0. The van der Waals surface area contributed by atoms with Crippen LogP contribution in [0.4, 0.5) is 0 Å². The second-order valence-corrected chi connectivity index (χ2v) is 5.16. The molecule has 0 saturated carbocycles. The van der Waals surface area contributed by atoms with Crippen LogP contribution in [0.15, 0.2) is 12.5 Å². The molecule has 0 radical (unpaired) electrons. The molecule has 1 atom stereocenters. The van der Waals surface area contributed by atoms with Crippen LogP contribution in [0.3, 0.4) is 0 Å². The van der Waals surface area contributed by atoms with Gasteiger partial charge in [-0.1, -0.05) is 0 Å². The van der Waals surface area contributed by atoms with Crippen LogP contribution in [0.25, 0.3) is 0 Å². The number of hydrogen-bond donors (Lipinski definition) is 1. The quantitative estimate of drug-likeness (QED) is 0.870. The molecule has 1 unspecified atom stereocenters. The van der Waals surface area contributed by atoms with E-state index < -0.39 is 0 Å². The molecule has 2 rings (SSSR count). The lowest BCUT2D eigenvalue weighted by Gasteiger charge is -2.26. The summed E-state index contributed by atoms with van der Waals surface area (Å²) in [6.45, 7) is 4.03. The molecule has 1 amide bonds. The van der Waals surface area contributed by atoms with E-state index >= 15 is 0 Å². The van der Waals surface area contributed by atoms with Crippen LogP contribution in [0.5, 0.6) is 0 Å². The van der Waals surface area contributed by atoms with E-state index in [1.165, 1.54) is 5.69 Å². The number of aromatic nitrogens is 2. The number of carbonyl (C=O) groups is 1. The average molecular weight is 250 g/mol. The van der Waals surface area contributed by atoms with Gasteiger partial charge in [-0.3, -0.25) is 4.79 Å². The Labute approximate surface area is 108 Å². The Bertz CT molecular complexity index is 407. The Morgan fingerprint density at radius 2 is 2.17 bits per heavy atom. The third-order valence-corrected chi connectivity index (χ3v) is 3.67. The predicted octanol–water partition coefficient (Wildman–Crippen LogP) is 0.999. The summed E-state index contributed by atoms with van der Waals surface area (Å²) in [5.74, 6) is 0.634. The first-order chi connectivity index (χ1) is 8.61. The minimum absolute atomic E-state index is 0.114. The van der Waals surface area contributed by atoms with Crippen LogP contribution >= 0.6 is 0 Å². The zero-order valence-electron chi connectivity index (χ0n) is 11.4. The molecule has 2 heterocycles. The Morgan fingerprint density at radius 3 is 2.78 bits per heavy atom. The van der Waals surface area contributed by atoms with Gasteiger partial charge >= 0.3 is 0 Å². The number of hydrogen-bond acceptors (Lipinski definition) is 3. The largest absolute Gasteiger partial charge is 0.347 e. The molecule has 1 fully saturated rings. The average Bonchev–Trinajstić information content (AvgIpc) is 2.87. The zero-order chi connectivity index (χ0) is 13.1. The zero-order valence-corrected chi connectivity index (χ0v) is 11.4. The molecule has 1 aliphatic heterocycles. The summed E-state index contributed by atoms with van der Waals surface area (Å²) in [5, 5.41) is 3.36. The minimum atomic E-state index is -0.174. The Hall–Kier alpha value is -1.36. The Kier molecular flexibility index (Phi) is 4.01. The van der Waals surface area contributed by atoms with E-state index in [0.29, 0.717) is 5.92 Å². The van der Waals surface area contributed by atoms with Crippen LogP contribution in [-0.4, -0.2) is 47.5 Å². The van der Waals surface area contributed by atoms with E-state index in [1.807, 2.05) is 17.7 Å². The van der Waals surface area contributed by atoms with E-state index in [9.17, 15) is 4.79 Å². The van der Waals surface area contributed by atoms with E-state index in [0.717, 1.165) is 25.9 Å². The van der Waals surface area contributed by atoms with Crippen LogP contribution < -0.4 is 5.32 Å². The molecule has 5 nitrogen and oxygen atoms in total. The van der Waals surface area contributed by atoms with Crippen LogP contribution in [0.1, 0.15) is 37.4 Å². The number of likely N-dealkylation sites (N-methyl/N-ethyl adjacent to an activating group) is 1. The fourth-order valence-corrected chi connectivity index (χ4v) is 2.57. The van der Waals surface area contributed by atoms with Gasteiger partial charge in [-0.25, -0.2) is 4.98 Å². The summed E-state index contributed by atoms with van der Waals surface area (Å²) in [7, 11) is 3.58. The summed E-state index contributed by atoms with van der Waals surface area (Å²) >= 11 is 0. The molecular weight excluding hydrogens is 228 g/mol. The van der Waals surface area contributed by atoms with Gasteiger partial charge < -0.3 is 14.8 Å². The van der Waals surface area contributed by atoms with Crippen molar-refractivity contribution < 1.29 is 4.79 Å². The maximum atomic E-state index is 12.0. The SMILES string of the molecule is CC(C(=O)N(C)C)n1cncc1C1CCNCC1. The molecule has 0 spiro atoms. The van der Waals surface area contributed by atoms with Crippen molar-refractivity contribution in [2.45, 2.75) is 31.7 Å². The smallest absolute Gasteiger partial charge is 0.244 e. The number of imidazole rings is 1. The lowest BCUT2D eigenvalue weighted by atomic mass is 9.94. The summed E-state index contributed by atoms with van der Waals surface area (Å²) in [6.07, 6.45) is 5.93. The van der Waals surface area contributed by atoms with Gasteiger partial charge in [-0.2, -0.15) is 0 Å². The number of carbonyl (C=O) groups excluding carboxylic acids is 1. The summed E-state index contributed by atoms with van der Waals surface area (Å²) < 4.78 is 2.03. The highest BCUT2D eigenvalue weighted by atomic mass is 16.2. The summed E-state index contributed by atoms with van der Waals surface area (Å²) in [4.78, 5) is 17.9. The van der Waals surface area contributed by atoms with Gasteiger partial charge in [-0.15, -0.1) is 0 Å². The highest BCUT2D eigenvalue weighted by Crippen LogP contribution is 2.27. The first kappa shape index (κ1) is 13.1. The van der Waals surface area contributed by atoms with Gasteiger partial charge in [-0.05, 0) is 32.9 Å². The molecule has 0 aromatic carbocycles. The van der Waals surface area contributed by atoms with Crippen LogP contribution in [0, 0.1) is 0 Å². The van der Waals surface area contributed by atoms with Gasteiger partial charge in [0.25, 0.3) is 0 Å². The topological polar surface area (TPSA) is 50.2 Å². The second kappa shape index (κ2) is 5.52. The van der Waals surface area contributed by atoms with Gasteiger partial charge in [0.05, 0.1) is 6.33 Å². The first-order valence-electron chi connectivity index (χ1n) is 6.55. The number of piperidine rings is 1. The van der Waals surface area contributed by atoms with Crippen molar-refractivity contribution in [2.24, 2.45) is 0 Å². The number of nitrogens with zero attached hydrogens (tertiary/aromatic N) is 3. The third kappa shape index (κ3) is 2.56. The van der Waals surface area contributed by atoms with Gasteiger partial charge in [0.1, 0.15) is 6.04 Å². The monoisotopic (exact) mass is 250 g/mol. The van der Waals surface area contributed by atoms with E-state index in [2.05, 4.69) is 10.3 Å². The van der Waals surface area contributed by atoms with Crippen molar-refractivity contribution in [3.63, 3.8) is 0 Å². The van der Waals surface area contributed by atoms with Gasteiger partial charge in [0.15, 0.2) is 0 Å². The van der Waals surface area contributed by atoms with Crippen molar-refractivity contribution in [1.29, 1.82) is 0 Å². The number of nitrogens with one attached hydrogen (secondary N) is 1. The molecule has 100 valence electrons. The first-order valence-corrected chi connectivity index (χ1v) is 6.55. The van der Waals surface area contributed by atoms with E-state index in [1.54, 1.807) is 25.3 Å². The summed E-state index contributed by atoms with van der Waals surface area (Å²) in [5.41, 5.74) is 1.19. The van der Waals surface area contributed by atoms with Crippen molar-refractivity contribution in [1.82, 2.24) is 19.8 Å². The van der Waals surface area contributed by atoms with Crippen molar-refractivity contribution >= 4 is 5.91 Å². The van der Waals surface area contributed by atoms with Gasteiger partial charge in [0, 0.05) is 31.9 Å². The molecule has 18 heavy (non-hydrogen) atoms. The fraction of sp³-hybridized carbons (Fsp3) is 0.692. The number of amides is 1. The molecule has 1 N–H and O–H groups in total. The molecule has 5 heteroatoms. The Balaban J connectivity index is 2.18. The molecule has 1 aromatic heterocycles. The Morgan fingerprint density at radius 1 is 1.50 bits per heavy atom. The molecule has 0 aliphatic carbocycles. The van der Waals surface area contributed by atoms with Crippen molar-refractivity contribution in [3.8, 4) is 0 Å². The summed E-state index contributed by atoms with van der Waals surface area (Å²) in [6, 6.07) is -0.174. The van der Waals surface area contributed by atoms with Gasteiger partial charge in [0.2, 0.25) is 5.91 Å². The maximum Gasteiger partial charge on any atom is 0.244 e. The number of rotatable bonds is 3. The van der Waals surface area contributed by atoms with Crippen molar-refractivity contribution in [3.05, 3.63) is 18.2 Å². The fourth-order valence-electron chi connectivity index (χ4n) is 2.57. The standard InChI is InChI=1S/C13H22N4O/c1-10(13(18)16(2)3)17-9-15-8-12(17)11-4-6-14-7-5-11/h8-11,14H,4-7H2,1-3H3. The lowest BCUT2D eigenvalue weighted by molar-refractivity contribution is -0.131.